The lowest BCUT2D eigenvalue weighted by Crippen LogP contribution is -2.34. The van der Waals surface area contributed by atoms with Crippen molar-refractivity contribution in [3.63, 3.8) is 0 Å². The molecule has 1 heterocycles. The second kappa shape index (κ2) is 6.02. The van der Waals surface area contributed by atoms with Gasteiger partial charge in [0.1, 0.15) is 0 Å². The van der Waals surface area contributed by atoms with Crippen molar-refractivity contribution < 1.29 is 0 Å². The smallest absolute Gasteiger partial charge is 0.0645 e. The monoisotopic (exact) mass is 283 g/mol. The normalized spacial score (nSPS) is 18.8. The lowest BCUT2D eigenvalue weighted by molar-refractivity contribution is 0.226. The predicted molar refractivity (Wildman–Crippen MR) is 86.6 cm³/mol. The maximum Gasteiger partial charge on any atom is 0.0645 e. The van der Waals surface area contributed by atoms with Crippen molar-refractivity contribution in [2.75, 3.05) is 6.54 Å². The van der Waals surface area contributed by atoms with Crippen LogP contribution in [0.15, 0.2) is 42.7 Å². The minimum absolute atomic E-state index is 0.362. The van der Waals surface area contributed by atoms with Crippen LogP contribution < -0.4 is 5.32 Å². The van der Waals surface area contributed by atoms with Crippen molar-refractivity contribution in [3.8, 4) is 5.69 Å². The second-order valence-corrected chi connectivity index (χ2v) is 6.41. The van der Waals surface area contributed by atoms with E-state index < -0.39 is 0 Å². The first-order chi connectivity index (χ1) is 10.2. The molecule has 3 nitrogen and oxygen atoms in total. The van der Waals surface area contributed by atoms with E-state index in [4.69, 9.17) is 0 Å². The number of rotatable bonds is 5. The van der Waals surface area contributed by atoms with Crippen molar-refractivity contribution in [2.45, 2.75) is 45.6 Å². The highest BCUT2D eigenvalue weighted by atomic mass is 15.3. The van der Waals surface area contributed by atoms with Gasteiger partial charge in [-0.05, 0) is 36.9 Å². The van der Waals surface area contributed by atoms with E-state index in [9.17, 15) is 0 Å². The highest BCUT2D eigenvalue weighted by molar-refractivity contribution is 5.31. The Hall–Kier alpha value is -1.61. The fraction of sp³-hybridized carbons (Fsp3) is 0.500. The number of nitrogens with one attached hydrogen (secondary N) is 1. The number of benzene rings is 1. The Morgan fingerprint density at radius 1 is 1.24 bits per heavy atom. The third kappa shape index (κ3) is 2.88. The zero-order valence-corrected chi connectivity index (χ0v) is 13.0. The molecule has 0 saturated heterocycles. The standard InChI is InChI=1S/C18H25N3/c1-3-19-17(18(2)11-7-8-12-18)15-13-20-21(14-15)16-9-5-4-6-10-16/h4-6,9-10,13-14,17,19H,3,7-8,11-12H2,1-2H3. The second-order valence-electron chi connectivity index (χ2n) is 6.41. The van der Waals surface area contributed by atoms with Crippen LogP contribution in [-0.4, -0.2) is 16.3 Å². The lowest BCUT2D eigenvalue weighted by Gasteiger charge is -2.34. The van der Waals surface area contributed by atoms with Crippen LogP contribution in [0.25, 0.3) is 5.69 Å². The highest BCUT2D eigenvalue weighted by Gasteiger charge is 2.37. The molecule has 0 radical (unpaired) electrons. The molecule has 21 heavy (non-hydrogen) atoms. The molecular weight excluding hydrogens is 258 g/mol. The van der Waals surface area contributed by atoms with Gasteiger partial charge in [-0.3, -0.25) is 0 Å². The summed E-state index contributed by atoms with van der Waals surface area (Å²) in [6.07, 6.45) is 9.54. The van der Waals surface area contributed by atoms with E-state index in [2.05, 4.69) is 54.7 Å². The van der Waals surface area contributed by atoms with Gasteiger partial charge in [-0.1, -0.05) is 44.9 Å². The summed E-state index contributed by atoms with van der Waals surface area (Å²) in [5.41, 5.74) is 2.79. The number of para-hydroxylation sites is 1. The van der Waals surface area contributed by atoms with Gasteiger partial charge in [0.15, 0.2) is 0 Å². The lowest BCUT2D eigenvalue weighted by atomic mass is 9.78. The summed E-state index contributed by atoms with van der Waals surface area (Å²) >= 11 is 0. The van der Waals surface area contributed by atoms with Crippen molar-refractivity contribution in [3.05, 3.63) is 48.3 Å². The molecule has 1 saturated carbocycles. The van der Waals surface area contributed by atoms with Gasteiger partial charge in [0, 0.05) is 17.8 Å². The van der Waals surface area contributed by atoms with Crippen LogP contribution in [0, 0.1) is 5.41 Å². The van der Waals surface area contributed by atoms with Crippen LogP contribution in [0.5, 0.6) is 0 Å². The zero-order chi connectivity index (χ0) is 14.7. The summed E-state index contributed by atoms with van der Waals surface area (Å²) in [6, 6.07) is 10.7. The Morgan fingerprint density at radius 2 is 1.95 bits per heavy atom. The molecule has 1 atom stereocenters. The third-order valence-electron chi connectivity index (χ3n) is 4.81. The van der Waals surface area contributed by atoms with E-state index >= 15 is 0 Å². The summed E-state index contributed by atoms with van der Waals surface area (Å²) < 4.78 is 1.98. The van der Waals surface area contributed by atoms with Gasteiger partial charge >= 0.3 is 0 Å². The Labute approximate surface area is 127 Å². The molecule has 3 rings (SSSR count). The molecule has 0 aliphatic heterocycles. The number of aromatic nitrogens is 2. The summed E-state index contributed by atoms with van der Waals surface area (Å²) in [4.78, 5) is 0. The molecule has 1 fully saturated rings. The SMILES string of the molecule is CCNC(c1cnn(-c2ccccc2)c1)C1(C)CCCC1. The highest BCUT2D eigenvalue weighted by Crippen LogP contribution is 2.47. The third-order valence-corrected chi connectivity index (χ3v) is 4.81. The van der Waals surface area contributed by atoms with Crippen LogP contribution in [-0.2, 0) is 0 Å². The Morgan fingerprint density at radius 3 is 2.62 bits per heavy atom. The summed E-state index contributed by atoms with van der Waals surface area (Å²) in [5, 5.41) is 8.26. The first kappa shape index (κ1) is 14.3. The van der Waals surface area contributed by atoms with E-state index in [0.29, 0.717) is 11.5 Å². The van der Waals surface area contributed by atoms with E-state index in [-0.39, 0.29) is 0 Å². The van der Waals surface area contributed by atoms with Gasteiger partial charge in [0.2, 0.25) is 0 Å². The fourth-order valence-electron chi connectivity index (χ4n) is 3.65. The zero-order valence-electron chi connectivity index (χ0n) is 13.0. The number of hydrogen-bond donors (Lipinski definition) is 1. The summed E-state index contributed by atoms with van der Waals surface area (Å²) in [5.74, 6) is 0. The number of hydrogen-bond acceptors (Lipinski definition) is 2. The molecule has 1 aliphatic rings. The van der Waals surface area contributed by atoms with Crippen LogP contribution >= 0.6 is 0 Å². The van der Waals surface area contributed by atoms with E-state index in [0.717, 1.165) is 12.2 Å². The topological polar surface area (TPSA) is 29.9 Å². The van der Waals surface area contributed by atoms with Gasteiger partial charge in [0.25, 0.3) is 0 Å². The van der Waals surface area contributed by atoms with Crippen LogP contribution in [0.4, 0.5) is 0 Å². The molecule has 0 spiro atoms. The molecule has 1 aromatic heterocycles. The average Bonchev–Trinajstić information content (AvgIpc) is 3.15. The fourth-order valence-corrected chi connectivity index (χ4v) is 3.65. The minimum atomic E-state index is 0.362. The van der Waals surface area contributed by atoms with Gasteiger partial charge in [0.05, 0.1) is 11.9 Å². The van der Waals surface area contributed by atoms with Crippen LogP contribution in [0.3, 0.4) is 0 Å². The van der Waals surface area contributed by atoms with Crippen LogP contribution in [0.2, 0.25) is 0 Å². The van der Waals surface area contributed by atoms with Crippen molar-refractivity contribution in [2.24, 2.45) is 5.41 Å². The Kier molecular flexibility index (Phi) is 4.11. The van der Waals surface area contributed by atoms with Gasteiger partial charge in [-0.25, -0.2) is 4.68 Å². The summed E-state index contributed by atoms with van der Waals surface area (Å²) in [7, 11) is 0. The average molecular weight is 283 g/mol. The van der Waals surface area contributed by atoms with E-state index in [1.807, 2.05) is 16.9 Å². The molecule has 1 unspecified atom stereocenters. The number of nitrogens with zero attached hydrogens (tertiary/aromatic N) is 2. The first-order valence-electron chi connectivity index (χ1n) is 8.06. The van der Waals surface area contributed by atoms with Gasteiger partial charge in [-0.15, -0.1) is 0 Å². The molecule has 3 heteroatoms. The van der Waals surface area contributed by atoms with E-state index in [1.54, 1.807) is 0 Å². The molecule has 0 bridgehead atoms. The van der Waals surface area contributed by atoms with Crippen molar-refractivity contribution >= 4 is 0 Å². The Balaban J connectivity index is 1.89. The molecule has 1 N–H and O–H groups in total. The Bertz CT molecular complexity index is 567. The van der Waals surface area contributed by atoms with Crippen molar-refractivity contribution in [1.82, 2.24) is 15.1 Å². The van der Waals surface area contributed by atoms with Gasteiger partial charge < -0.3 is 5.32 Å². The molecule has 1 aromatic carbocycles. The van der Waals surface area contributed by atoms with Crippen molar-refractivity contribution in [1.29, 1.82) is 0 Å². The van der Waals surface area contributed by atoms with Crippen LogP contribution in [0.1, 0.15) is 51.1 Å². The van der Waals surface area contributed by atoms with E-state index in [1.165, 1.54) is 31.2 Å². The predicted octanol–water partition coefficient (Wildman–Crippen LogP) is 4.10. The maximum absolute atomic E-state index is 4.57. The molecule has 1 aliphatic carbocycles. The molecule has 0 amide bonds. The summed E-state index contributed by atoms with van der Waals surface area (Å²) in [6.45, 7) is 5.61. The molecule has 112 valence electrons. The minimum Gasteiger partial charge on any atom is -0.310 e. The molecule has 2 aromatic rings. The molecular formula is C18H25N3. The maximum atomic E-state index is 4.57. The quantitative estimate of drug-likeness (QED) is 0.895. The van der Waals surface area contributed by atoms with Gasteiger partial charge in [-0.2, -0.15) is 5.10 Å². The first-order valence-corrected chi connectivity index (χ1v) is 8.06. The largest absolute Gasteiger partial charge is 0.310 e.